The summed E-state index contributed by atoms with van der Waals surface area (Å²) in [6.07, 6.45) is 0. The Balaban J connectivity index is 1.49. The van der Waals surface area contributed by atoms with Gasteiger partial charge >= 0.3 is 0 Å². The summed E-state index contributed by atoms with van der Waals surface area (Å²) < 4.78 is 20.4. The maximum Gasteiger partial charge on any atom is 0.271 e. The zero-order chi connectivity index (χ0) is 21.1. The van der Waals surface area contributed by atoms with Gasteiger partial charge in [-0.15, -0.1) is 5.10 Å². The van der Waals surface area contributed by atoms with Gasteiger partial charge in [-0.25, -0.2) is 4.39 Å². The highest BCUT2D eigenvalue weighted by Crippen LogP contribution is 2.17. The molecule has 0 bridgehead atoms. The SMILES string of the molecule is COc1ccc(-n2nc(N3CCN(C(=O)c4ccccc4F)CC3)ccc2=O)cc1. The fraction of sp³-hybridized carbons (Fsp3) is 0.227. The number of methoxy groups -OCH3 is 1. The largest absolute Gasteiger partial charge is 0.497 e. The zero-order valence-corrected chi connectivity index (χ0v) is 16.5. The van der Waals surface area contributed by atoms with Gasteiger partial charge in [-0.05, 0) is 42.5 Å². The van der Waals surface area contributed by atoms with Crippen molar-refractivity contribution in [1.82, 2.24) is 14.7 Å². The lowest BCUT2D eigenvalue weighted by Crippen LogP contribution is -2.49. The van der Waals surface area contributed by atoms with Gasteiger partial charge in [0.05, 0.1) is 18.4 Å². The Morgan fingerprint density at radius 3 is 2.33 bits per heavy atom. The van der Waals surface area contributed by atoms with Crippen molar-refractivity contribution in [2.24, 2.45) is 0 Å². The minimum absolute atomic E-state index is 0.0807. The van der Waals surface area contributed by atoms with E-state index in [2.05, 4.69) is 5.10 Å². The number of halogens is 1. The first-order chi connectivity index (χ1) is 14.6. The monoisotopic (exact) mass is 408 g/mol. The second kappa shape index (κ2) is 8.36. The molecule has 4 rings (SSSR count). The van der Waals surface area contributed by atoms with Crippen LogP contribution in [0.15, 0.2) is 65.5 Å². The number of aromatic nitrogens is 2. The minimum Gasteiger partial charge on any atom is -0.497 e. The Morgan fingerprint density at radius 1 is 0.967 bits per heavy atom. The lowest BCUT2D eigenvalue weighted by molar-refractivity contribution is 0.0741. The highest BCUT2D eigenvalue weighted by Gasteiger charge is 2.24. The van der Waals surface area contributed by atoms with Crippen LogP contribution in [-0.2, 0) is 0 Å². The lowest BCUT2D eigenvalue weighted by atomic mass is 10.1. The van der Waals surface area contributed by atoms with Crippen molar-refractivity contribution in [3.63, 3.8) is 0 Å². The fourth-order valence-corrected chi connectivity index (χ4v) is 3.42. The van der Waals surface area contributed by atoms with Gasteiger partial charge < -0.3 is 14.5 Å². The van der Waals surface area contributed by atoms with Crippen LogP contribution in [0.2, 0.25) is 0 Å². The number of carbonyl (C=O) groups is 1. The number of ether oxygens (including phenoxy) is 1. The van der Waals surface area contributed by atoms with Gasteiger partial charge in [0, 0.05) is 32.2 Å². The number of hydrogen-bond donors (Lipinski definition) is 0. The number of amides is 1. The Bertz CT molecular complexity index is 1110. The van der Waals surface area contributed by atoms with E-state index in [-0.39, 0.29) is 17.0 Å². The van der Waals surface area contributed by atoms with Gasteiger partial charge in [0.15, 0.2) is 0 Å². The Hall–Kier alpha value is -3.68. The van der Waals surface area contributed by atoms with E-state index in [1.807, 2.05) is 4.90 Å². The average molecular weight is 408 g/mol. The van der Waals surface area contributed by atoms with Gasteiger partial charge in [0.2, 0.25) is 0 Å². The number of nitrogens with zero attached hydrogens (tertiary/aromatic N) is 4. The van der Waals surface area contributed by atoms with E-state index < -0.39 is 5.82 Å². The second-order valence-electron chi connectivity index (χ2n) is 6.90. The molecule has 0 N–H and O–H groups in total. The van der Waals surface area contributed by atoms with Crippen LogP contribution in [0.5, 0.6) is 5.75 Å². The molecule has 0 aliphatic carbocycles. The molecule has 0 unspecified atom stereocenters. The summed E-state index contributed by atoms with van der Waals surface area (Å²) in [6.45, 7) is 1.95. The van der Waals surface area contributed by atoms with E-state index in [1.54, 1.807) is 54.5 Å². The van der Waals surface area contributed by atoms with Crippen molar-refractivity contribution < 1.29 is 13.9 Å². The van der Waals surface area contributed by atoms with Gasteiger partial charge in [-0.3, -0.25) is 9.59 Å². The van der Waals surface area contributed by atoms with Crippen LogP contribution >= 0.6 is 0 Å². The number of rotatable bonds is 4. The normalized spacial score (nSPS) is 13.9. The number of carbonyl (C=O) groups excluding carboxylic acids is 1. The van der Waals surface area contributed by atoms with Crippen LogP contribution in [0.3, 0.4) is 0 Å². The molecular formula is C22H21FN4O3. The van der Waals surface area contributed by atoms with Gasteiger partial charge in [-0.1, -0.05) is 12.1 Å². The predicted molar refractivity (Wildman–Crippen MR) is 111 cm³/mol. The Labute approximate surface area is 172 Å². The number of hydrogen-bond acceptors (Lipinski definition) is 5. The number of anilines is 1. The van der Waals surface area contributed by atoms with Crippen molar-refractivity contribution >= 4 is 11.7 Å². The maximum absolute atomic E-state index is 13.9. The molecule has 2 aromatic carbocycles. The van der Waals surface area contributed by atoms with Crippen LogP contribution in [-0.4, -0.2) is 53.9 Å². The summed E-state index contributed by atoms with van der Waals surface area (Å²) in [5.74, 6) is 0.504. The van der Waals surface area contributed by atoms with Crippen LogP contribution in [0, 0.1) is 5.82 Å². The topological polar surface area (TPSA) is 67.7 Å². The first-order valence-electron chi connectivity index (χ1n) is 9.60. The van der Waals surface area contributed by atoms with Crippen LogP contribution in [0.25, 0.3) is 5.69 Å². The molecule has 8 heteroatoms. The average Bonchev–Trinajstić information content (AvgIpc) is 2.79. The molecular weight excluding hydrogens is 387 g/mol. The van der Waals surface area contributed by atoms with Crippen molar-refractivity contribution in [3.8, 4) is 11.4 Å². The molecule has 154 valence electrons. The first-order valence-corrected chi connectivity index (χ1v) is 9.60. The van der Waals surface area contributed by atoms with Crippen molar-refractivity contribution in [2.45, 2.75) is 0 Å². The Kier molecular flexibility index (Phi) is 5.47. The van der Waals surface area contributed by atoms with Gasteiger partial charge in [-0.2, -0.15) is 4.68 Å². The summed E-state index contributed by atoms with van der Waals surface area (Å²) in [5.41, 5.74) is 0.477. The van der Waals surface area contributed by atoms with Crippen molar-refractivity contribution in [2.75, 3.05) is 38.2 Å². The van der Waals surface area contributed by atoms with Crippen LogP contribution in [0.4, 0.5) is 10.2 Å². The van der Waals surface area contributed by atoms with E-state index >= 15 is 0 Å². The van der Waals surface area contributed by atoms with E-state index in [0.717, 1.165) is 0 Å². The third-order valence-electron chi connectivity index (χ3n) is 5.10. The Morgan fingerprint density at radius 2 is 1.67 bits per heavy atom. The molecule has 0 spiro atoms. The van der Waals surface area contributed by atoms with Crippen molar-refractivity contribution in [3.05, 3.63) is 82.4 Å². The molecule has 3 aromatic rings. The van der Waals surface area contributed by atoms with E-state index in [4.69, 9.17) is 4.74 Å². The number of benzene rings is 2. The molecule has 0 atom stereocenters. The van der Waals surface area contributed by atoms with E-state index in [9.17, 15) is 14.0 Å². The first kappa shape index (κ1) is 19.6. The van der Waals surface area contributed by atoms with Crippen LogP contribution < -0.4 is 15.2 Å². The summed E-state index contributed by atoms with van der Waals surface area (Å²) in [4.78, 5) is 28.5. The van der Waals surface area contributed by atoms with Gasteiger partial charge in [0.25, 0.3) is 11.5 Å². The zero-order valence-electron chi connectivity index (χ0n) is 16.5. The van der Waals surface area contributed by atoms with E-state index in [0.29, 0.717) is 43.4 Å². The molecule has 1 aliphatic rings. The summed E-state index contributed by atoms with van der Waals surface area (Å²) in [5, 5.41) is 4.49. The lowest BCUT2D eigenvalue weighted by Gasteiger charge is -2.35. The minimum atomic E-state index is -0.516. The van der Waals surface area contributed by atoms with Crippen LogP contribution in [0.1, 0.15) is 10.4 Å². The van der Waals surface area contributed by atoms with E-state index in [1.165, 1.54) is 22.9 Å². The predicted octanol–water partition coefficient (Wildman–Crippen LogP) is 2.34. The molecule has 1 aliphatic heterocycles. The highest BCUT2D eigenvalue weighted by molar-refractivity contribution is 5.94. The summed E-state index contributed by atoms with van der Waals surface area (Å²) >= 11 is 0. The molecule has 0 saturated carbocycles. The molecule has 30 heavy (non-hydrogen) atoms. The molecule has 1 saturated heterocycles. The smallest absolute Gasteiger partial charge is 0.271 e. The molecule has 0 radical (unpaired) electrons. The molecule has 2 heterocycles. The highest BCUT2D eigenvalue weighted by atomic mass is 19.1. The van der Waals surface area contributed by atoms with Gasteiger partial charge in [0.1, 0.15) is 17.4 Å². The number of piperazine rings is 1. The summed E-state index contributed by atoms with van der Waals surface area (Å²) in [7, 11) is 1.58. The molecule has 1 amide bonds. The quantitative estimate of drug-likeness (QED) is 0.663. The molecule has 1 fully saturated rings. The maximum atomic E-state index is 13.9. The second-order valence-corrected chi connectivity index (χ2v) is 6.90. The molecule has 1 aromatic heterocycles. The summed E-state index contributed by atoms with van der Waals surface area (Å²) in [6, 6.07) is 16.2. The van der Waals surface area contributed by atoms with Crippen molar-refractivity contribution in [1.29, 1.82) is 0 Å². The standard InChI is InChI=1S/C22H21FN4O3/c1-30-17-8-6-16(7-9-17)27-21(28)11-10-20(24-27)25-12-14-26(15-13-25)22(29)18-4-2-3-5-19(18)23/h2-11H,12-15H2,1H3. The molecule has 7 nitrogen and oxygen atoms in total. The fourth-order valence-electron chi connectivity index (χ4n) is 3.42. The third kappa shape index (κ3) is 3.89. The third-order valence-corrected chi connectivity index (χ3v) is 5.10.